The average molecular weight is 510 g/mol. The molecule has 0 N–H and O–H groups in total. The highest BCUT2D eigenvalue weighted by Crippen LogP contribution is 2.27. The van der Waals surface area contributed by atoms with Gasteiger partial charge < -0.3 is 14.4 Å². The van der Waals surface area contributed by atoms with Crippen LogP contribution in [0.1, 0.15) is 31.2 Å². The van der Waals surface area contributed by atoms with Gasteiger partial charge in [0.15, 0.2) is 12.0 Å². The van der Waals surface area contributed by atoms with Crippen molar-refractivity contribution in [2.45, 2.75) is 44.4 Å². The molecule has 34 heavy (non-hydrogen) atoms. The summed E-state index contributed by atoms with van der Waals surface area (Å²) in [6.07, 6.45) is 3.24. The number of halogens is 2. The summed E-state index contributed by atoms with van der Waals surface area (Å²) < 4.78 is 5.50. The van der Waals surface area contributed by atoms with Gasteiger partial charge >= 0.3 is 11.9 Å². The maximum Gasteiger partial charge on any atom is 0.355 e. The zero-order valence-corrected chi connectivity index (χ0v) is 20.2. The van der Waals surface area contributed by atoms with Crippen LogP contribution in [-0.2, 0) is 35.2 Å². The molecule has 0 amide bonds. The Morgan fingerprint density at radius 2 is 2.06 bits per heavy atom. The monoisotopic (exact) mass is 509 g/mol. The lowest BCUT2D eigenvalue weighted by Crippen LogP contribution is -2.49. The second-order valence-corrected chi connectivity index (χ2v) is 9.18. The molecule has 3 heterocycles. The molecule has 3 aliphatic rings. The predicted molar refractivity (Wildman–Crippen MR) is 124 cm³/mol. The van der Waals surface area contributed by atoms with E-state index >= 15 is 0 Å². The van der Waals surface area contributed by atoms with Crippen molar-refractivity contribution >= 4 is 46.6 Å². The normalized spacial score (nSPS) is 25.4. The van der Waals surface area contributed by atoms with Crippen LogP contribution in [0.3, 0.4) is 0 Å². The van der Waals surface area contributed by atoms with Gasteiger partial charge in [0.1, 0.15) is 13.2 Å². The lowest BCUT2D eigenvalue weighted by atomic mass is 9.95. The minimum absolute atomic E-state index is 0.0270. The molecule has 0 bridgehead atoms. The summed E-state index contributed by atoms with van der Waals surface area (Å²) in [4.78, 5) is 51.7. The number of nitrogens with zero attached hydrogens (tertiary/aromatic N) is 3. The molecule has 0 aliphatic carbocycles. The number of ether oxygens (including phenoxy) is 1. The van der Waals surface area contributed by atoms with E-state index in [1.165, 1.54) is 12.2 Å². The van der Waals surface area contributed by atoms with Gasteiger partial charge in [0.25, 0.3) is 0 Å². The van der Waals surface area contributed by atoms with Crippen LogP contribution >= 0.6 is 23.2 Å². The van der Waals surface area contributed by atoms with Gasteiger partial charge in [-0.25, -0.2) is 9.59 Å². The van der Waals surface area contributed by atoms with Gasteiger partial charge in [-0.3, -0.25) is 9.69 Å². The molecule has 2 unspecified atom stereocenters. The Bertz CT molecular complexity index is 1040. The summed E-state index contributed by atoms with van der Waals surface area (Å²) >= 11 is 12.1. The van der Waals surface area contributed by atoms with Crippen LogP contribution in [0.4, 0.5) is 0 Å². The number of likely N-dealkylation sites (tertiary alicyclic amines) is 1. The number of carbonyl (C=O) groups is 3. The number of benzene rings is 1. The zero-order chi connectivity index (χ0) is 24.2. The summed E-state index contributed by atoms with van der Waals surface area (Å²) in [6, 6.07) is 3.87. The van der Waals surface area contributed by atoms with Gasteiger partial charge in [0.05, 0.1) is 21.3 Å². The summed E-state index contributed by atoms with van der Waals surface area (Å²) in [6.45, 7) is 1.21. The number of Topliss-reactive ketones (excluding diaryl/α,β-unsaturated/α-hetero) is 1. The first-order valence-electron chi connectivity index (χ1n) is 11.1. The fraction of sp³-hybridized carbons (Fsp3) is 0.478. The molecular weight excluding hydrogens is 485 g/mol. The minimum Gasteiger partial charge on any atom is -0.440 e. The third-order valence-corrected chi connectivity index (χ3v) is 6.72. The lowest BCUT2D eigenvalue weighted by molar-refractivity contribution is -0.248. The van der Waals surface area contributed by atoms with Gasteiger partial charge in [-0.05, 0) is 30.5 Å². The number of fused-ring (bicyclic) bond motifs is 1. The summed E-state index contributed by atoms with van der Waals surface area (Å²) in [5, 5.41) is 6.07. The van der Waals surface area contributed by atoms with Crippen LogP contribution in [0, 0.1) is 0 Å². The van der Waals surface area contributed by atoms with Crippen LogP contribution in [0.25, 0.3) is 0 Å². The van der Waals surface area contributed by atoms with Gasteiger partial charge in [-0.15, -0.1) is 0 Å². The molecule has 0 radical (unpaired) electrons. The number of ketones is 1. The fourth-order valence-corrected chi connectivity index (χ4v) is 4.73. The standard InChI is InChI=1S/C23H25Cl2N3O6/c1-32-26-15-7-9-27(13-15)22(19(29)11-14-5-6-17(24)18(25)10-14)16-12-21(30)33-20-4-2-3-8-28(20)34-23(16)31/h5-6,10,12,20,22H,2-4,7-9,11,13H2,1H3/b16-12-,26-15-. The molecule has 1 aromatic rings. The lowest BCUT2D eigenvalue weighted by Gasteiger charge is -2.35. The van der Waals surface area contributed by atoms with E-state index < -0.39 is 24.2 Å². The molecule has 11 heteroatoms. The van der Waals surface area contributed by atoms with E-state index in [1.54, 1.807) is 23.1 Å². The van der Waals surface area contributed by atoms with E-state index in [2.05, 4.69) is 5.16 Å². The average Bonchev–Trinajstić information content (AvgIpc) is 3.24. The molecule has 2 saturated heterocycles. The number of hydrogen-bond acceptors (Lipinski definition) is 9. The Morgan fingerprint density at radius 1 is 1.24 bits per heavy atom. The first-order chi connectivity index (χ1) is 16.4. The molecule has 0 spiro atoms. The van der Waals surface area contributed by atoms with Crippen LogP contribution in [0.2, 0.25) is 10.0 Å². The summed E-state index contributed by atoms with van der Waals surface area (Å²) in [7, 11) is 1.45. The van der Waals surface area contributed by atoms with E-state index in [4.69, 9.17) is 37.6 Å². The Hall–Kier alpha value is -2.46. The first kappa shape index (κ1) is 24.7. The van der Waals surface area contributed by atoms with E-state index in [9.17, 15) is 14.4 Å². The predicted octanol–water partition coefficient (Wildman–Crippen LogP) is 2.94. The van der Waals surface area contributed by atoms with Crippen LogP contribution < -0.4 is 0 Å². The highest BCUT2D eigenvalue weighted by Gasteiger charge is 2.41. The molecule has 4 rings (SSSR count). The van der Waals surface area contributed by atoms with Crippen molar-refractivity contribution in [3.8, 4) is 0 Å². The largest absolute Gasteiger partial charge is 0.440 e. The zero-order valence-electron chi connectivity index (χ0n) is 18.7. The molecule has 1 aromatic carbocycles. The molecule has 0 saturated carbocycles. The maximum absolute atomic E-state index is 13.6. The highest BCUT2D eigenvalue weighted by atomic mass is 35.5. The number of rotatable bonds is 6. The number of carbonyl (C=O) groups excluding carboxylic acids is 3. The second kappa shape index (κ2) is 10.9. The first-order valence-corrected chi connectivity index (χ1v) is 11.8. The van der Waals surface area contributed by atoms with Gasteiger partial charge in [0.2, 0.25) is 0 Å². The number of esters is 1. The molecule has 9 nitrogen and oxygen atoms in total. The summed E-state index contributed by atoms with van der Waals surface area (Å²) in [5.41, 5.74) is 1.29. The van der Waals surface area contributed by atoms with Crippen molar-refractivity contribution in [3.63, 3.8) is 0 Å². The van der Waals surface area contributed by atoms with Crippen LogP contribution in [0.5, 0.6) is 0 Å². The van der Waals surface area contributed by atoms with E-state index in [0.717, 1.165) is 24.6 Å². The Morgan fingerprint density at radius 3 is 2.82 bits per heavy atom. The minimum atomic E-state index is -1.04. The highest BCUT2D eigenvalue weighted by molar-refractivity contribution is 6.42. The molecule has 2 fully saturated rings. The maximum atomic E-state index is 13.6. The molecular formula is C23H25Cl2N3O6. The number of oxime groups is 1. The molecule has 3 aliphatic heterocycles. The number of hydroxylamine groups is 2. The van der Waals surface area contributed by atoms with Crippen LogP contribution in [-0.4, -0.2) is 72.4 Å². The van der Waals surface area contributed by atoms with Crippen molar-refractivity contribution < 1.29 is 28.8 Å². The van der Waals surface area contributed by atoms with E-state index in [0.29, 0.717) is 48.1 Å². The molecule has 182 valence electrons. The fourth-order valence-electron chi connectivity index (χ4n) is 4.41. The van der Waals surface area contributed by atoms with Crippen molar-refractivity contribution in [2.75, 3.05) is 26.7 Å². The number of hydrogen-bond donors (Lipinski definition) is 0. The molecule has 0 aromatic heterocycles. The van der Waals surface area contributed by atoms with Gasteiger partial charge in [0, 0.05) is 45.0 Å². The Balaban J connectivity index is 1.66. The van der Waals surface area contributed by atoms with E-state index in [1.807, 2.05) is 0 Å². The third-order valence-electron chi connectivity index (χ3n) is 5.98. The van der Waals surface area contributed by atoms with Crippen molar-refractivity contribution in [1.82, 2.24) is 9.96 Å². The molecule has 2 atom stereocenters. The van der Waals surface area contributed by atoms with Crippen LogP contribution in [0.15, 0.2) is 35.0 Å². The SMILES string of the molecule is CO/N=C1/CCN(C(C(=O)Cc2ccc(Cl)c(Cl)c2)/C2=C/C(=O)OC3CCCCN3OC2=O)C1. The third kappa shape index (κ3) is 5.60. The van der Waals surface area contributed by atoms with Gasteiger partial charge in [-0.2, -0.15) is 0 Å². The van der Waals surface area contributed by atoms with Crippen molar-refractivity contribution in [1.29, 1.82) is 0 Å². The summed E-state index contributed by atoms with van der Waals surface area (Å²) in [5.74, 6) is -1.72. The Kier molecular flexibility index (Phi) is 7.88. The van der Waals surface area contributed by atoms with E-state index in [-0.39, 0.29) is 17.8 Å². The van der Waals surface area contributed by atoms with Crippen molar-refractivity contribution in [2.24, 2.45) is 5.16 Å². The van der Waals surface area contributed by atoms with Gasteiger partial charge in [-0.1, -0.05) is 39.5 Å². The second-order valence-electron chi connectivity index (χ2n) is 8.36. The van der Waals surface area contributed by atoms with Crippen molar-refractivity contribution in [3.05, 3.63) is 45.5 Å². The Labute approximate surface area is 207 Å². The number of piperidine rings is 1. The smallest absolute Gasteiger partial charge is 0.355 e. The topological polar surface area (TPSA) is 97.7 Å². The quantitative estimate of drug-likeness (QED) is 0.426.